The lowest BCUT2D eigenvalue weighted by Gasteiger charge is -1.91. The second-order valence-corrected chi connectivity index (χ2v) is 2.42. The Morgan fingerprint density at radius 3 is 3.00 bits per heavy atom. The van der Waals surface area contributed by atoms with E-state index in [4.69, 9.17) is 5.11 Å². The van der Waals surface area contributed by atoms with Crippen molar-refractivity contribution in [3.63, 3.8) is 0 Å². The molecule has 0 fully saturated rings. The Labute approximate surface area is 72.6 Å². The summed E-state index contributed by atoms with van der Waals surface area (Å²) in [5, 5.41) is 21.4. The normalized spacial score (nSPS) is 10.2. The lowest BCUT2D eigenvalue weighted by molar-refractivity contribution is 0.0698. The number of nitrogens with one attached hydrogen (secondary N) is 2. The quantitative estimate of drug-likeness (QED) is 0.623. The Kier molecular flexibility index (Phi) is 1.59. The third-order valence-corrected chi connectivity index (χ3v) is 1.63. The van der Waals surface area contributed by atoms with E-state index in [9.17, 15) is 4.79 Å². The zero-order valence-electron chi connectivity index (χ0n) is 6.48. The predicted octanol–water partition coefficient (Wildman–Crippen LogP) is 0.498. The lowest BCUT2D eigenvalue weighted by atomic mass is 10.2. The molecule has 2 heterocycles. The van der Waals surface area contributed by atoms with Gasteiger partial charge in [-0.25, -0.2) is 4.79 Å². The van der Waals surface area contributed by atoms with Crippen LogP contribution in [0.3, 0.4) is 0 Å². The van der Waals surface area contributed by atoms with Crippen molar-refractivity contribution in [1.82, 2.24) is 20.4 Å². The van der Waals surface area contributed by atoms with E-state index in [2.05, 4.69) is 20.4 Å². The van der Waals surface area contributed by atoms with Crippen molar-refractivity contribution in [1.29, 1.82) is 0 Å². The fraction of sp³-hybridized carbons (Fsp3) is 0. The van der Waals surface area contributed by atoms with Crippen molar-refractivity contribution in [3.8, 4) is 11.4 Å². The smallest absolute Gasteiger partial charge is 0.339 e. The van der Waals surface area contributed by atoms with Crippen molar-refractivity contribution >= 4 is 5.97 Å². The van der Waals surface area contributed by atoms with Crippen LogP contribution in [0.4, 0.5) is 0 Å². The van der Waals surface area contributed by atoms with E-state index >= 15 is 0 Å². The molecule has 0 unspecified atom stereocenters. The number of aromatic nitrogens is 4. The van der Waals surface area contributed by atoms with Gasteiger partial charge in [-0.2, -0.15) is 10.2 Å². The third kappa shape index (κ3) is 1.18. The van der Waals surface area contributed by atoms with Crippen LogP contribution in [0.1, 0.15) is 10.4 Å². The molecule has 13 heavy (non-hydrogen) atoms. The molecule has 0 aliphatic heterocycles. The predicted molar refractivity (Wildman–Crippen MR) is 43.1 cm³/mol. The summed E-state index contributed by atoms with van der Waals surface area (Å²) in [5.41, 5.74) is 1.08. The summed E-state index contributed by atoms with van der Waals surface area (Å²) < 4.78 is 0. The number of carbonyl (C=O) groups is 1. The minimum absolute atomic E-state index is 0.129. The van der Waals surface area contributed by atoms with Crippen LogP contribution in [0.15, 0.2) is 18.5 Å². The van der Waals surface area contributed by atoms with E-state index in [-0.39, 0.29) is 5.56 Å². The molecule has 6 heteroatoms. The fourth-order valence-corrected chi connectivity index (χ4v) is 1.05. The third-order valence-electron chi connectivity index (χ3n) is 1.63. The fourth-order valence-electron chi connectivity index (χ4n) is 1.05. The number of aromatic carboxylic acids is 1. The zero-order chi connectivity index (χ0) is 9.26. The van der Waals surface area contributed by atoms with E-state index in [0.717, 1.165) is 0 Å². The molecule has 2 aromatic rings. The van der Waals surface area contributed by atoms with Gasteiger partial charge < -0.3 is 5.11 Å². The van der Waals surface area contributed by atoms with Crippen LogP contribution in [0.25, 0.3) is 11.4 Å². The van der Waals surface area contributed by atoms with Crippen LogP contribution in [-0.2, 0) is 0 Å². The topological polar surface area (TPSA) is 94.7 Å². The minimum Gasteiger partial charge on any atom is -0.478 e. The zero-order valence-corrected chi connectivity index (χ0v) is 6.48. The number of rotatable bonds is 2. The van der Waals surface area contributed by atoms with Gasteiger partial charge in [-0.15, -0.1) is 0 Å². The van der Waals surface area contributed by atoms with Crippen molar-refractivity contribution < 1.29 is 9.90 Å². The maximum atomic E-state index is 10.7. The Balaban J connectivity index is 2.52. The number of hydrogen-bond donors (Lipinski definition) is 3. The maximum absolute atomic E-state index is 10.7. The van der Waals surface area contributed by atoms with Crippen LogP contribution in [-0.4, -0.2) is 31.5 Å². The highest BCUT2D eigenvalue weighted by atomic mass is 16.4. The molecule has 3 N–H and O–H groups in total. The van der Waals surface area contributed by atoms with Gasteiger partial charge in [-0.1, -0.05) is 0 Å². The van der Waals surface area contributed by atoms with E-state index in [1.807, 2.05) is 0 Å². The van der Waals surface area contributed by atoms with E-state index in [1.54, 1.807) is 6.07 Å². The number of H-pyrrole nitrogens is 2. The van der Waals surface area contributed by atoms with Crippen molar-refractivity contribution in [3.05, 3.63) is 24.0 Å². The van der Waals surface area contributed by atoms with E-state index in [0.29, 0.717) is 11.4 Å². The summed E-state index contributed by atoms with van der Waals surface area (Å²) >= 11 is 0. The highest BCUT2D eigenvalue weighted by molar-refractivity contribution is 5.93. The summed E-state index contributed by atoms with van der Waals surface area (Å²) in [5.74, 6) is -1.02. The van der Waals surface area contributed by atoms with Gasteiger partial charge in [0.25, 0.3) is 0 Å². The Morgan fingerprint density at radius 2 is 2.38 bits per heavy atom. The van der Waals surface area contributed by atoms with Crippen molar-refractivity contribution in [2.24, 2.45) is 0 Å². The molecule has 2 aromatic heterocycles. The van der Waals surface area contributed by atoms with Crippen molar-refractivity contribution in [2.75, 3.05) is 0 Å². The summed E-state index contributed by atoms with van der Waals surface area (Å²) in [6.07, 6.45) is 2.87. The molecule has 0 radical (unpaired) electrons. The highest BCUT2D eigenvalue weighted by Crippen LogP contribution is 2.17. The first kappa shape index (κ1) is 7.53. The minimum atomic E-state index is -1.02. The van der Waals surface area contributed by atoms with Crippen LogP contribution >= 0.6 is 0 Å². The molecule has 2 rings (SSSR count). The van der Waals surface area contributed by atoms with Crippen LogP contribution in [0.2, 0.25) is 0 Å². The van der Waals surface area contributed by atoms with E-state index in [1.165, 1.54) is 12.4 Å². The SMILES string of the molecule is O=C(O)c1c[nH]nc1-c1ccn[nH]1. The number of aromatic amines is 2. The van der Waals surface area contributed by atoms with E-state index < -0.39 is 5.97 Å². The van der Waals surface area contributed by atoms with Gasteiger partial charge in [0.1, 0.15) is 11.3 Å². The molecule has 0 saturated carbocycles. The number of carboxylic acid groups (broad SMARTS) is 1. The second kappa shape index (κ2) is 2.74. The Bertz CT molecular complexity index is 417. The van der Waals surface area contributed by atoms with Crippen LogP contribution in [0, 0.1) is 0 Å². The van der Waals surface area contributed by atoms with Gasteiger partial charge in [-0.05, 0) is 6.07 Å². The largest absolute Gasteiger partial charge is 0.478 e. The van der Waals surface area contributed by atoms with Gasteiger partial charge >= 0.3 is 5.97 Å². The second-order valence-electron chi connectivity index (χ2n) is 2.42. The van der Waals surface area contributed by atoms with Gasteiger partial charge in [0.2, 0.25) is 0 Å². The molecule has 0 aliphatic rings. The molecule has 0 aliphatic carbocycles. The average Bonchev–Trinajstić information content (AvgIpc) is 2.74. The van der Waals surface area contributed by atoms with Crippen LogP contribution in [0.5, 0.6) is 0 Å². The van der Waals surface area contributed by atoms with Crippen LogP contribution < -0.4 is 0 Å². The summed E-state index contributed by atoms with van der Waals surface area (Å²) in [7, 11) is 0. The summed E-state index contributed by atoms with van der Waals surface area (Å²) in [6.45, 7) is 0. The molecular weight excluding hydrogens is 172 g/mol. The average molecular weight is 178 g/mol. The monoisotopic (exact) mass is 178 g/mol. The number of carboxylic acids is 1. The summed E-state index contributed by atoms with van der Waals surface area (Å²) in [6, 6.07) is 1.66. The van der Waals surface area contributed by atoms with Gasteiger partial charge in [0.05, 0.1) is 5.69 Å². The first-order valence-electron chi connectivity index (χ1n) is 3.56. The molecule has 0 atom stereocenters. The lowest BCUT2D eigenvalue weighted by Crippen LogP contribution is -1.96. The Hall–Kier alpha value is -2.11. The molecule has 0 saturated heterocycles. The first-order valence-corrected chi connectivity index (χ1v) is 3.56. The maximum Gasteiger partial charge on any atom is 0.339 e. The van der Waals surface area contributed by atoms with Gasteiger partial charge in [0, 0.05) is 12.4 Å². The molecular formula is C7H6N4O2. The number of nitrogens with zero attached hydrogens (tertiary/aromatic N) is 2. The Morgan fingerprint density at radius 1 is 1.54 bits per heavy atom. The van der Waals surface area contributed by atoms with Gasteiger partial charge in [-0.3, -0.25) is 10.2 Å². The molecule has 0 bridgehead atoms. The van der Waals surface area contributed by atoms with Crippen molar-refractivity contribution in [2.45, 2.75) is 0 Å². The molecule has 0 amide bonds. The highest BCUT2D eigenvalue weighted by Gasteiger charge is 2.14. The first-order chi connectivity index (χ1) is 6.29. The number of hydrogen-bond acceptors (Lipinski definition) is 3. The van der Waals surface area contributed by atoms with Gasteiger partial charge in [0.15, 0.2) is 0 Å². The summed E-state index contributed by atoms with van der Waals surface area (Å²) in [4.78, 5) is 10.7. The molecule has 66 valence electrons. The molecule has 6 nitrogen and oxygen atoms in total. The standard InChI is InChI=1S/C7H6N4O2/c12-7(13)4-3-9-11-6(4)5-1-2-8-10-5/h1-3H,(H,8,10)(H,9,11)(H,12,13). The molecule has 0 aromatic carbocycles. The molecule has 0 spiro atoms.